The van der Waals surface area contributed by atoms with Crippen molar-refractivity contribution in [2.24, 2.45) is 7.05 Å². The van der Waals surface area contributed by atoms with Gasteiger partial charge in [-0.05, 0) is 42.9 Å². The van der Waals surface area contributed by atoms with Crippen molar-refractivity contribution in [3.8, 4) is 5.88 Å². The lowest BCUT2D eigenvalue weighted by Crippen LogP contribution is -2.24. The normalized spacial score (nSPS) is 16.6. The standard InChI is InChI=1S/C16H20ClN3OS.ClH/c1-10-13(16(21-3)20(2)19-10)9-18-14-6-7-22-15-5-4-11(17)8-12(14)15;/h4-5,8,14,18H,6-7,9H2,1-3H3;1H. The topological polar surface area (TPSA) is 39.1 Å². The number of hydrogen-bond acceptors (Lipinski definition) is 4. The second-order valence-electron chi connectivity index (χ2n) is 5.45. The number of halogens is 2. The van der Waals surface area contributed by atoms with E-state index in [1.165, 1.54) is 10.5 Å². The van der Waals surface area contributed by atoms with Gasteiger partial charge in [-0.3, -0.25) is 0 Å². The van der Waals surface area contributed by atoms with Crippen LogP contribution in [0.4, 0.5) is 0 Å². The molecule has 0 spiro atoms. The molecule has 0 fully saturated rings. The van der Waals surface area contributed by atoms with Gasteiger partial charge in [0.1, 0.15) is 0 Å². The molecular weight excluding hydrogens is 353 g/mol. The summed E-state index contributed by atoms with van der Waals surface area (Å²) in [6.07, 6.45) is 1.10. The fraction of sp³-hybridized carbons (Fsp3) is 0.438. The maximum atomic E-state index is 6.16. The minimum Gasteiger partial charge on any atom is -0.481 e. The Morgan fingerprint density at radius 1 is 1.48 bits per heavy atom. The number of benzene rings is 1. The summed E-state index contributed by atoms with van der Waals surface area (Å²) in [6.45, 7) is 2.76. The van der Waals surface area contributed by atoms with Crippen LogP contribution in [-0.4, -0.2) is 22.6 Å². The number of rotatable bonds is 4. The third-order valence-electron chi connectivity index (χ3n) is 4.02. The van der Waals surface area contributed by atoms with Crippen LogP contribution in [0.25, 0.3) is 0 Å². The van der Waals surface area contributed by atoms with Crippen molar-refractivity contribution in [3.63, 3.8) is 0 Å². The smallest absolute Gasteiger partial charge is 0.216 e. The molecule has 1 N–H and O–H groups in total. The van der Waals surface area contributed by atoms with Crippen LogP contribution in [-0.2, 0) is 13.6 Å². The number of nitrogens with zero attached hydrogens (tertiary/aromatic N) is 2. The lowest BCUT2D eigenvalue weighted by atomic mass is 10.0. The van der Waals surface area contributed by atoms with Crippen LogP contribution < -0.4 is 10.1 Å². The number of fused-ring (bicyclic) bond motifs is 1. The minimum absolute atomic E-state index is 0. The van der Waals surface area contributed by atoms with Gasteiger partial charge in [-0.1, -0.05) is 11.6 Å². The lowest BCUT2D eigenvalue weighted by molar-refractivity contribution is 0.366. The van der Waals surface area contributed by atoms with E-state index in [-0.39, 0.29) is 12.4 Å². The lowest BCUT2D eigenvalue weighted by Gasteiger charge is -2.26. The molecule has 7 heteroatoms. The van der Waals surface area contributed by atoms with E-state index < -0.39 is 0 Å². The van der Waals surface area contributed by atoms with E-state index >= 15 is 0 Å². The molecule has 0 radical (unpaired) electrons. The van der Waals surface area contributed by atoms with Gasteiger partial charge in [-0.15, -0.1) is 24.2 Å². The predicted molar refractivity (Wildman–Crippen MR) is 98.1 cm³/mol. The molecule has 0 saturated carbocycles. The van der Waals surface area contributed by atoms with Crippen LogP contribution in [0.2, 0.25) is 5.02 Å². The van der Waals surface area contributed by atoms with Crippen LogP contribution in [0.1, 0.15) is 29.3 Å². The first kappa shape index (κ1) is 18.5. The third kappa shape index (κ3) is 3.79. The zero-order valence-electron chi connectivity index (χ0n) is 13.4. The number of aryl methyl sites for hydroxylation is 2. The number of thioether (sulfide) groups is 1. The molecular formula is C16H21Cl2N3OS. The molecule has 1 aliphatic heterocycles. The number of nitrogens with one attached hydrogen (secondary N) is 1. The van der Waals surface area contributed by atoms with Crippen LogP contribution in [0.3, 0.4) is 0 Å². The first-order valence-electron chi connectivity index (χ1n) is 7.32. The van der Waals surface area contributed by atoms with Gasteiger partial charge in [-0.25, -0.2) is 4.68 Å². The molecule has 0 saturated heterocycles. The zero-order valence-corrected chi connectivity index (χ0v) is 15.8. The zero-order chi connectivity index (χ0) is 15.7. The number of ether oxygens (including phenoxy) is 1. The summed E-state index contributed by atoms with van der Waals surface area (Å²) < 4.78 is 7.25. The van der Waals surface area contributed by atoms with Crippen molar-refractivity contribution in [3.05, 3.63) is 40.0 Å². The Hall–Kier alpha value is -0.880. The minimum atomic E-state index is 0. The summed E-state index contributed by atoms with van der Waals surface area (Å²) in [5.74, 6) is 1.94. The van der Waals surface area contributed by atoms with Crippen molar-refractivity contribution >= 4 is 35.8 Å². The van der Waals surface area contributed by atoms with Gasteiger partial charge in [0, 0.05) is 29.6 Å². The quantitative estimate of drug-likeness (QED) is 0.873. The van der Waals surface area contributed by atoms with Crippen LogP contribution >= 0.6 is 35.8 Å². The van der Waals surface area contributed by atoms with E-state index in [9.17, 15) is 0 Å². The fourth-order valence-electron chi connectivity index (χ4n) is 2.94. The summed E-state index contributed by atoms with van der Waals surface area (Å²) in [6, 6.07) is 6.48. The van der Waals surface area contributed by atoms with E-state index in [4.69, 9.17) is 16.3 Å². The monoisotopic (exact) mass is 373 g/mol. The highest BCUT2D eigenvalue weighted by Gasteiger charge is 2.22. The highest BCUT2D eigenvalue weighted by Crippen LogP contribution is 2.38. The van der Waals surface area contributed by atoms with Crippen LogP contribution in [0.5, 0.6) is 5.88 Å². The summed E-state index contributed by atoms with van der Waals surface area (Å²) in [5.41, 5.74) is 3.42. The van der Waals surface area contributed by atoms with Gasteiger partial charge >= 0.3 is 0 Å². The molecule has 23 heavy (non-hydrogen) atoms. The largest absolute Gasteiger partial charge is 0.481 e. The molecule has 1 atom stereocenters. The molecule has 1 unspecified atom stereocenters. The van der Waals surface area contributed by atoms with Gasteiger partial charge in [0.15, 0.2) is 0 Å². The second kappa shape index (κ2) is 7.79. The predicted octanol–water partition coefficient (Wildman–Crippen LogP) is 4.14. The average molecular weight is 374 g/mol. The second-order valence-corrected chi connectivity index (χ2v) is 7.02. The van der Waals surface area contributed by atoms with Gasteiger partial charge in [0.2, 0.25) is 5.88 Å². The summed E-state index contributed by atoms with van der Waals surface area (Å²) in [7, 11) is 3.59. The maximum Gasteiger partial charge on any atom is 0.216 e. The molecule has 1 aliphatic rings. The summed E-state index contributed by atoms with van der Waals surface area (Å²) >= 11 is 8.06. The first-order valence-corrected chi connectivity index (χ1v) is 8.68. The Bertz CT molecular complexity index is 690. The fourth-order valence-corrected chi connectivity index (χ4v) is 4.23. The van der Waals surface area contributed by atoms with Crippen molar-refractivity contribution in [1.82, 2.24) is 15.1 Å². The van der Waals surface area contributed by atoms with E-state index in [0.29, 0.717) is 6.04 Å². The van der Waals surface area contributed by atoms with Crippen LogP contribution in [0.15, 0.2) is 23.1 Å². The van der Waals surface area contributed by atoms with Crippen molar-refractivity contribution < 1.29 is 4.74 Å². The van der Waals surface area contributed by atoms with Gasteiger partial charge < -0.3 is 10.1 Å². The SMILES string of the molecule is COc1c(CNC2CCSc3ccc(Cl)cc32)c(C)nn1C.Cl. The third-order valence-corrected chi connectivity index (χ3v) is 5.38. The Kier molecular flexibility index (Phi) is 6.26. The highest BCUT2D eigenvalue weighted by molar-refractivity contribution is 7.99. The molecule has 0 amide bonds. The average Bonchev–Trinajstić information content (AvgIpc) is 2.78. The molecule has 2 heterocycles. The first-order chi connectivity index (χ1) is 10.6. The summed E-state index contributed by atoms with van der Waals surface area (Å²) in [5, 5.41) is 8.87. The van der Waals surface area contributed by atoms with Gasteiger partial charge in [-0.2, -0.15) is 5.10 Å². The Balaban J connectivity index is 0.00000192. The van der Waals surface area contributed by atoms with E-state index in [0.717, 1.165) is 40.9 Å². The number of methoxy groups -OCH3 is 1. The van der Waals surface area contributed by atoms with Crippen molar-refractivity contribution in [2.75, 3.05) is 12.9 Å². The Morgan fingerprint density at radius 2 is 2.26 bits per heavy atom. The van der Waals surface area contributed by atoms with Gasteiger partial charge in [0.25, 0.3) is 0 Å². The van der Waals surface area contributed by atoms with Crippen molar-refractivity contribution in [2.45, 2.75) is 30.8 Å². The van der Waals surface area contributed by atoms with E-state index in [2.05, 4.69) is 22.5 Å². The molecule has 4 nitrogen and oxygen atoms in total. The van der Waals surface area contributed by atoms with E-state index in [1.54, 1.807) is 11.8 Å². The number of aromatic nitrogens is 2. The highest BCUT2D eigenvalue weighted by atomic mass is 35.5. The van der Waals surface area contributed by atoms with Gasteiger partial charge in [0.05, 0.1) is 18.4 Å². The van der Waals surface area contributed by atoms with Crippen LogP contribution in [0, 0.1) is 6.92 Å². The maximum absolute atomic E-state index is 6.16. The molecule has 3 rings (SSSR count). The number of hydrogen-bond donors (Lipinski definition) is 1. The molecule has 1 aromatic heterocycles. The molecule has 0 aliphatic carbocycles. The molecule has 0 bridgehead atoms. The summed E-state index contributed by atoms with van der Waals surface area (Å²) in [4.78, 5) is 1.32. The van der Waals surface area contributed by atoms with E-state index in [1.807, 2.05) is 31.8 Å². The Labute approximate surface area is 152 Å². The molecule has 1 aromatic carbocycles. The molecule has 126 valence electrons. The molecule has 2 aromatic rings. The Morgan fingerprint density at radius 3 is 3.00 bits per heavy atom. The van der Waals surface area contributed by atoms with Crippen molar-refractivity contribution in [1.29, 1.82) is 0 Å².